The van der Waals surface area contributed by atoms with E-state index in [0.29, 0.717) is 23.0 Å². The standard InChI is InChI=1S/C25H19N9O/c1-14-19-11-15(2-4-21(19)32-23(14)25(35)31-18-6-9-27-28-13-18)24-26-8-7-22(33-24)30-17-3-5-20-16(10-17)12-29-34-20/h2-13,32H,1H3,(H,29,34)(H,26,30,33)(H,27,31,35). The maximum absolute atomic E-state index is 12.8. The molecule has 4 aromatic heterocycles. The Morgan fingerprint density at radius 1 is 0.914 bits per heavy atom. The first-order chi connectivity index (χ1) is 17.1. The van der Waals surface area contributed by atoms with Crippen LogP contribution in [0.3, 0.4) is 0 Å². The minimum absolute atomic E-state index is 0.245. The average molecular weight is 461 g/mol. The normalized spacial score (nSPS) is 11.1. The van der Waals surface area contributed by atoms with Gasteiger partial charge in [0.1, 0.15) is 11.5 Å². The van der Waals surface area contributed by atoms with Crippen molar-refractivity contribution >= 4 is 44.9 Å². The molecule has 6 aromatic rings. The van der Waals surface area contributed by atoms with Crippen molar-refractivity contribution in [1.82, 2.24) is 35.3 Å². The van der Waals surface area contributed by atoms with Crippen molar-refractivity contribution in [3.8, 4) is 11.4 Å². The summed E-state index contributed by atoms with van der Waals surface area (Å²) in [6.45, 7) is 1.91. The van der Waals surface area contributed by atoms with Crippen molar-refractivity contribution in [2.75, 3.05) is 10.6 Å². The first kappa shape index (κ1) is 20.5. The van der Waals surface area contributed by atoms with Crippen molar-refractivity contribution in [3.63, 3.8) is 0 Å². The van der Waals surface area contributed by atoms with E-state index < -0.39 is 0 Å². The summed E-state index contributed by atoms with van der Waals surface area (Å²) in [7, 11) is 0. The largest absolute Gasteiger partial charge is 0.350 e. The SMILES string of the molecule is Cc1c(C(=O)Nc2ccnnc2)[nH]c2ccc(-c3nccc(Nc4ccc5[nH]ncc5c4)n3)cc12. The summed E-state index contributed by atoms with van der Waals surface area (Å²) >= 11 is 0. The van der Waals surface area contributed by atoms with E-state index >= 15 is 0 Å². The molecule has 0 fully saturated rings. The van der Waals surface area contributed by atoms with Crippen molar-refractivity contribution in [2.24, 2.45) is 0 Å². The number of aryl methyl sites for hydroxylation is 1. The Morgan fingerprint density at radius 3 is 2.71 bits per heavy atom. The van der Waals surface area contributed by atoms with Crippen LogP contribution in [0, 0.1) is 6.92 Å². The number of aromatic nitrogens is 7. The highest BCUT2D eigenvalue weighted by Crippen LogP contribution is 2.28. The Hall–Kier alpha value is -5.12. The zero-order valence-corrected chi connectivity index (χ0v) is 18.6. The summed E-state index contributed by atoms with van der Waals surface area (Å²) < 4.78 is 0. The zero-order valence-electron chi connectivity index (χ0n) is 18.6. The second kappa shape index (κ2) is 8.34. The molecule has 170 valence electrons. The third-order valence-corrected chi connectivity index (χ3v) is 5.75. The number of H-pyrrole nitrogens is 2. The molecule has 0 aliphatic rings. The summed E-state index contributed by atoms with van der Waals surface area (Å²) in [4.78, 5) is 25.2. The summed E-state index contributed by atoms with van der Waals surface area (Å²) in [5.74, 6) is 1.01. The summed E-state index contributed by atoms with van der Waals surface area (Å²) in [6.07, 6.45) is 6.53. The lowest BCUT2D eigenvalue weighted by Crippen LogP contribution is -2.13. The number of hydrogen-bond donors (Lipinski definition) is 4. The van der Waals surface area contributed by atoms with Gasteiger partial charge in [0.2, 0.25) is 0 Å². The second-order valence-corrected chi connectivity index (χ2v) is 8.03. The third kappa shape index (κ3) is 3.93. The van der Waals surface area contributed by atoms with Gasteiger partial charge in [0.05, 0.1) is 29.8 Å². The number of benzene rings is 2. The van der Waals surface area contributed by atoms with Gasteiger partial charge >= 0.3 is 0 Å². The number of aromatic amines is 2. The predicted octanol–water partition coefficient (Wildman–Crippen LogP) is 4.60. The maximum atomic E-state index is 12.8. The van der Waals surface area contributed by atoms with E-state index in [1.807, 2.05) is 49.4 Å². The molecule has 0 saturated heterocycles. The first-order valence-corrected chi connectivity index (χ1v) is 10.9. The molecule has 0 aliphatic heterocycles. The van der Waals surface area contributed by atoms with Gasteiger partial charge in [0.25, 0.3) is 5.91 Å². The van der Waals surface area contributed by atoms with Crippen LogP contribution in [0.2, 0.25) is 0 Å². The Balaban J connectivity index is 1.29. The number of nitrogens with one attached hydrogen (secondary N) is 4. The number of amides is 1. The molecule has 0 saturated carbocycles. The minimum atomic E-state index is -0.245. The minimum Gasteiger partial charge on any atom is -0.350 e. The Kier molecular flexibility index (Phi) is 4.88. The lowest BCUT2D eigenvalue weighted by atomic mass is 10.1. The van der Waals surface area contributed by atoms with Crippen molar-refractivity contribution in [3.05, 3.63) is 84.6 Å². The van der Waals surface area contributed by atoms with Crippen LogP contribution in [-0.2, 0) is 0 Å². The number of carbonyl (C=O) groups is 1. The van der Waals surface area contributed by atoms with Gasteiger partial charge in [-0.2, -0.15) is 15.3 Å². The second-order valence-electron chi connectivity index (χ2n) is 8.03. The smallest absolute Gasteiger partial charge is 0.272 e. The monoisotopic (exact) mass is 461 g/mol. The van der Waals surface area contributed by atoms with Gasteiger partial charge in [-0.3, -0.25) is 9.89 Å². The van der Waals surface area contributed by atoms with Crippen molar-refractivity contribution in [2.45, 2.75) is 6.92 Å². The van der Waals surface area contributed by atoms with E-state index in [0.717, 1.165) is 38.6 Å². The highest BCUT2D eigenvalue weighted by atomic mass is 16.1. The molecule has 4 heterocycles. The van der Waals surface area contributed by atoms with Gasteiger partial charge < -0.3 is 15.6 Å². The van der Waals surface area contributed by atoms with Crippen LogP contribution >= 0.6 is 0 Å². The van der Waals surface area contributed by atoms with Crippen LogP contribution in [0.4, 0.5) is 17.2 Å². The molecular weight excluding hydrogens is 442 g/mol. The molecule has 35 heavy (non-hydrogen) atoms. The molecule has 6 rings (SSSR count). The fourth-order valence-corrected chi connectivity index (χ4v) is 3.99. The third-order valence-electron chi connectivity index (χ3n) is 5.75. The van der Waals surface area contributed by atoms with Crippen LogP contribution in [-0.4, -0.2) is 41.3 Å². The van der Waals surface area contributed by atoms with Crippen molar-refractivity contribution < 1.29 is 4.79 Å². The molecule has 0 spiro atoms. The van der Waals surface area contributed by atoms with Gasteiger partial charge in [0.15, 0.2) is 5.82 Å². The number of hydrogen-bond acceptors (Lipinski definition) is 7. The van der Waals surface area contributed by atoms with Gasteiger partial charge in [-0.05, 0) is 61.0 Å². The quantitative estimate of drug-likeness (QED) is 0.294. The summed E-state index contributed by atoms with van der Waals surface area (Å²) in [6, 6.07) is 15.3. The summed E-state index contributed by atoms with van der Waals surface area (Å²) in [5.41, 5.74) is 5.48. The number of anilines is 3. The van der Waals surface area contributed by atoms with Crippen LogP contribution < -0.4 is 10.6 Å². The molecule has 2 aromatic carbocycles. The number of fused-ring (bicyclic) bond motifs is 2. The predicted molar refractivity (Wildman–Crippen MR) is 133 cm³/mol. The van der Waals surface area contributed by atoms with Gasteiger partial charge in [0, 0.05) is 33.7 Å². The lowest BCUT2D eigenvalue weighted by Gasteiger charge is -2.07. The molecule has 0 aliphatic carbocycles. The van der Waals surface area contributed by atoms with Gasteiger partial charge in [-0.1, -0.05) is 0 Å². The van der Waals surface area contributed by atoms with E-state index in [4.69, 9.17) is 4.98 Å². The fraction of sp³-hybridized carbons (Fsp3) is 0.0400. The molecule has 0 unspecified atom stereocenters. The molecule has 10 nitrogen and oxygen atoms in total. The van der Waals surface area contributed by atoms with Crippen LogP contribution in [0.1, 0.15) is 16.1 Å². The first-order valence-electron chi connectivity index (χ1n) is 10.9. The Bertz CT molecular complexity index is 1690. The molecule has 4 N–H and O–H groups in total. The summed E-state index contributed by atoms with van der Waals surface area (Å²) in [5, 5.41) is 22.6. The van der Waals surface area contributed by atoms with E-state index in [1.54, 1.807) is 18.5 Å². The van der Waals surface area contributed by atoms with E-state index in [2.05, 4.69) is 41.0 Å². The van der Waals surface area contributed by atoms with E-state index in [9.17, 15) is 4.79 Å². The molecule has 10 heteroatoms. The zero-order chi connectivity index (χ0) is 23.8. The highest BCUT2D eigenvalue weighted by molar-refractivity contribution is 6.08. The van der Waals surface area contributed by atoms with Crippen LogP contribution in [0.25, 0.3) is 33.2 Å². The Labute approximate surface area is 198 Å². The number of carbonyl (C=O) groups excluding carboxylic acids is 1. The van der Waals surface area contributed by atoms with Gasteiger partial charge in [-0.25, -0.2) is 9.97 Å². The molecule has 0 atom stereocenters. The molecule has 0 radical (unpaired) electrons. The maximum Gasteiger partial charge on any atom is 0.272 e. The number of rotatable bonds is 5. The van der Waals surface area contributed by atoms with Crippen LogP contribution in [0.15, 0.2) is 73.3 Å². The number of nitrogens with zero attached hydrogens (tertiary/aromatic N) is 5. The van der Waals surface area contributed by atoms with Gasteiger partial charge in [-0.15, -0.1) is 0 Å². The lowest BCUT2D eigenvalue weighted by molar-refractivity contribution is 0.102. The average Bonchev–Trinajstić information content (AvgIpc) is 3.48. The van der Waals surface area contributed by atoms with E-state index in [1.165, 1.54) is 12.4 Å². The topological polar surface area (TPSA) is 137 Å². The molecular formula is C25H19N9O. The van der Waals surface area contributed by atoms with Crippen molar-refractivity contribution in [1.29, 1.82) is 0 Å². The highest BCUT2D eigenvalue weighted by Gasteiger charge is 2.16. The van der Waals surface area contributed by atoms with E-state index in [-0.39, 0.29) is 5.91 Å². The Morgan fingerprint density at radius 2 is 1.83 bits per heavy atom. The molecule has 0 bridgehead atoms. The van der Waals surface area contributed by atoms with Crippen LogP contribution in [0.5, 0.6) is 0 Å². The molecule has 1 amide bonds. The fourth-order valence-electron chi connectivity index (χ4n) is 3.99.